The van der Waals surface area contributed by atoms with Crippen LogP contribution in [0.5, 0.6) is 0 Å². The van der Waals surface area contributed by atoms with Gasteiger partial charge in [0.25, 0.3) is 0 Å². The molecule has 0 bridgehead atoms. The first-order valence-corrected chi connectivity index (χ1v) is 8.54. The second kappa shape index (κ2) is 6.56. The summed E-state index contributed by atoms with van der Waals surface area (Å²) in [6, 6.07) is 21.5. The van der Waals surface area contributed by atoms with Gasteiger partial charge in [-0.2, -0.15) is 13.2 Å². The predicted molar refractivity (Wildman–Crippen MR) is 106 cm³/mol. The average Bonchev–Trinajstić information content (AvgIpc) is 2.68. The van der Waals surface area contributed by atoms with Crippen molar-refractivity contribution in [1.82, 2.24) is 0 Å². The molecule has 0 spiro atoms. The zero-order valence-corrected chi connectivity index (χ0v) is 14.5. The molecule has 1 amide bonds. The SMILES string of the molecule is Nc1ccc2ccccc2c1-c1c(NC(=O)C(F)(F)F)ccc2ccccc12. The monoisotopic (exact) mass is 380 g/mol. The molecule has 3 nitrogen and oxygen atoms in total. The van der Waals surface area contributed by atoms with E-state index in [9.17, 15) is 18.0 Å². The third-order valence-electron chi connectivity index (χ3n) is 4.65. The molecule has 0 fully saturated rings. The highest BCUT2D eigenvalue weighted by molar-refractivity contribution is 6.15. The normalized spacial score (nSPS) is 11.7. The van der Waals surface area contributed by atoms with Crippen LogP contribution in [-0.2, 0) is 4.79 Å². The highest BCUT2D eigenvalue weighted by atomic mass is 19.4. The highest BCUT2D eigenvalue weighted by Gasteiger charge is 2.39. The number of hydrogen-bond acceptors (Lipinski definition) is 2. The van der Waals surface area contributed by atoms with Crippen molar-refractivity contribution in [2.45, 2.75) is 6.18 Å². The summed E-state index contributed by atoms with van der Waals surface area (Å²) in [6.07, 6.45) is -4.99. The number of amides is 1. The van der Waals surface area contributed by atoms with Crippen molar-refractivity contribution in [2.75, 3.05) is 11.1 Å². The van der Waals surface area contributed by atoms with Gasteiger partial charge in [0.05, 0.1) is 0 Å². The largest absolute Gasteiger partial charge is 0.471 e. The summed E-state index contributed by atoms with van der Waals surface area (Å²) in [5.74, 6) is -2.03. The second-order valence-corrected chi connectivity index (χ2v) is 6.41. The first-order valence-electron chi connectivity index (χ1n) is 8.54. The first kappa shape index (κ1) is 17.9. The van der Waals surface area contributed by atoms with Gasteiger partial charge in [0.15, 0.2) is 0 Å². The number of nitrogen functional groups attached to an aromatic ring is 1. The molecule has 0 heterocycles. The third kappa shape index (κ3) is 3.03. The lowest BCUT2D eigenvalue weighted by Crippen LogP contribution is -2.30. The molecule has 4 rings (SSSR count). The number of benzene rings is 4. The first-order chi connectivity index (χ1) is 13.4. The van der Waals surface area contributed by atoms with Crippen molar-refractivity contribution >= 4 is 38.8 Å². The quantitative estimate of drug-likeness (QED) is 0.436. The van der Waals surface area contributed by atoms with Gasteiger partial charge in [-0.1, -0.05) is 60.7 Å². The van der Waals surface area contributed by atoms with Gasteiger partial charge in [0.2, 0.25) is 0 Å². The molecule has 4 aromatic rings. The molecule has 0 aliphatic rings. The van der Waals surface area contributed by atoms with Crippen molar-refractivity contribution in [1.29, 1.82) is 0 Å². The molecule has 0 aliphatic carbocycles. The van der Waals surface area contributed by atoms with Crippen LogP contribution in [0.3, 0.4) is 0 Å². The van der Waals surface area contributed by atoms with E-state index in [0.29, 0.717) is 22.2 Å². The van der Waals surface area contributed by atoms with Gasteiger partial charge in [-0.05, 0) is 33.7 Å². The maximum absolute atomic E-state index is 12.9. The molecule has 0 aromatic heterocycles. The molecule has 4 aromatic carbocycles. The Hall–Kier alpha value is -3.54. The zero-order valence-electron chi connectivity index (χ0n) is 14.5. The number of carbonyl (C=O) groups excluding carboxylic acids is 1. The fraction of sp³-hybridized carbons (Fsp3) is 0.0455. The molecule has 3 N–H and O–H groups in total. The van der Waals surface area contributed by atoms with Crippen molar-refractivity contribution in [3.8, 4) is 11.1 Å². The molecule has 28 heavy (non-hydrogen) atoms. The fourth-order valence-corrected chi connectivity index (χ4v) is 3.41. The minimum absolute atomic E-state index is 0.0593. The highest BCUT2D eigenvalue weighted by Crippen LogP contribution is 2.42. The number of rotatable bonds is 2. The zero-order chi connectivity index (χ0) is 19.9. The number of halogens is 3. The molecule has 0 atom stereocenters. The lowest BCUT2D eigenvalue weighted by atomic mass is 9.91. The number of fused-ring (bicyclic) bond motifs is 2. The van der Waals surface area contributed by atoms with E-state index in [4.69, 9.17) is 5.73 Å². The Balaban J connectivity index is 2.07. The van der Waals surface area contributed by atoms with E-state index in [1.165, 1.54) is 6.07 Å². The van der Waals surface area contributed by atoms with E-state index in [-0.39, 0.29) is 5.69 Å². The third-order valence-corrected chi connectivity index (χ3v) is 4.65. The summed E-state index contributed by atoms with van der Waals surface area (Å²) in [7, 11) is 0. The number of anilines is 2. The number of nitrogens with one attached hydrogen (secondary N) is 1. The fourth-order valence-electron chi connectivity index (χ4n) is 3.41. The summed E-state index contributed by atoms with van der Waals surface area (Å²) in [5, 5.41) is 5.23. The standard InChI is InChI=1S/C22H15F3N2O/c23-22(24,25)21(28)27-18-12-10-14-6-2-4-8-16(14)20(18)19-15-7-3-1-5-13(15)9-11-17(19)26/h1-12H,26H2,(H,27,28). The van der Waals surface area contributed by atoms with Crippen LogP contribution in [-0.4, -0.2) is 12.1 Å². The molecule has 0 saturated carbocycles. The summed E-state index contributed by atoms with van der Waals surface area (Å²) in [5.41, 5.74) is 7.79. The van der Waals surface area contributed by atoms with Gasteiger partial charge in [-0.15, -0.1) is 0 Å². The van der Waals surface area contributed by atoms with Gasteiger partial charge in [0, 0.05) is 22.5 Å². The number of alkyl halides is 3. The molecule has 0 unspecified atom stereocenters. The molecule has 140 valence electrons. The summed E-state index contributed by atoms with van der Waals surface area (Å²) < 4.78 is 38.6. The summed E-state index contributed by atoms with van der Waals surface area (Å²) >= 11 is 0. The Morgan fingerprint density at radius 1 is 0.750 bits per heavy atom. The Labute approximate surface area is 158 Å². The van der Waals surface area contributed by atoms with Crippen molar-refractivity contribution in [3.63, 3.8) is 0 Å². The molecule has 0 aliphatic heterocycles. The summed E-state index contributed by atoms with van der Waals surface area (Å²) in [6.45, 7) is 0. The molecular weight excluding hydrogens is 365 g/mol. The average molecular weight is 380 g/mol. The maximum atomic E-state index is 12.9. The van der Waals surface area contributed by atoms with Gasteiger partial charge < -0.3 is 11.1 Å². The Kier molecular flexibility index (Phi) is 4.19. The van der Waals surface area contributed by atoms with Crippen LogP contribution in [0.4, 0.5) is 24.5 Å². The lowest BCUT2D eigenvalue weighted by Gasteiger charge is -2.18. The second-order valence-electron chi connectivity index (χ2n) is 6.41. The van der Waals surface area contributed by atoms with Gasteiger partial charge in [0.1, 0.15) is 0 Å². The molecule has 0 radical (unpaired) electrons. The van der Waals surface area contributed by atoms with Crippen molar-refractivity contribution in [3.05, 3.63) is 72.8 Å². The number of carbonyl (C=O) groups is 1. The van der Waals surface area contributed by atoms with Gasteiger partial charge >= 0.3 is 12.1 Å². The van der Waals surface area contributed by atoms with Gasteiger partial charge in [-0.3, -0.25) is 4.79 Å². The van der Waals surface area contributed by atoms with E-state index in [1.54, 1.807) is 24.3 Å². The Bertz CT molecular complexity index is 1220. The Morgan fingerprint density at radius 3 is 1.89 bits per heavy atom. The van der Waals surface area contributed by atoms with E-state index in [1.807, 2.05) is 47.8 Å². The topological polar surface area (TPSA) is 55.1 Å². The molecule has 0 saturated heterocycles. The molecule has 6 heteroatoms. The Morgan fingerprint density at radius 2 is 1.29 bits per heavy atom. The van der Waals surface area contributed by atoms with Crippen LogP contribution in [0.1, 0.15) is 0 Å². The van der Waals surface area contributed by atoms with Gasteiger partial charge in [-0.25, -0.2) is 0 Å². The van der Waals surface area contributed by atoms with Crippen LogP contribution in [0, 0.1) is 0 Å². The van der Waals surface area contributed by atoms with E-state index in [0.717, 1.165) is 16.2 Å². The van der Waals surface area contributed by atoms with Crippen LogP contribution in [0.2, 0.25) is 0 Å². The molecular formula is C22H15F3N2O. The van der Waals surface area contributed by atoms with Crippen molar-refractivity contribution < 1.29 is 18.0 Å². The van der Waals surface area contributed by atoms with E-state index < -0.39 is 12.1 Å². The maximum Gasteiger partial charge on any atom is 0.471 e. The smallest absolute Gasteiger partial charge is 0.398 e. The lowest BCUT2D eigenvalue weighted by molar-refractivity contribution is -0.167. The number of nitrogens with two attached hydrogens (primary N) is 1. The minimum Gasteiger partial charge on any atom is -0.398 e. The summed E-state index contributed by atoms with van der Waals surface area (Å²) in [4.78, 5) is 11.6. The van der Waals surface area contributed by atoms with Crippen LogP contribution in [0.15, 0.2) is 72.8 Å². The van der Waals surface area contributed by atoms with Crippen LogP contribution >= 0.6 is 0 Å². The number of hydrogen-bond donors (Lipinski definition) is 2. The van der Waals surface area contributed by atoms with E-state index >= 15 is 0 Å². The van der Waals surface area contributed by atoms with E-state index in [2.05, 4.69) is 0 Å². The van der Waals surface area contributed by atoms with Crippen LogP contribution in [0.25, 0.3) is 32.7 Å². The van der Waals surface area contributed by atoms with Crippen LogP contribution < -0.4 is 11.1 Å². The van der Waals surface area contributed by atoms with Crippen molar-refractivity contribution in [2.24, 2.45) is 0 Å². The minimum atomic E-state index is -4.99. The predicted octanol–water partition coefficient (Wildman–Crippen LogP) is 5.74.